The summed E-state index contributed by atoms with van der Waals surface area (Å²) < 4.78 is 10.6. The standard InChI is InChI=1S/C15H18N2O4/c1-20-15(7-8-21-9-15)14(19)17-13-6-5-10-11(16-13)3-2-4-12(10)18/h5-6H,2-4,7-9H2,1H3,(H,16,17,19). The monoisotopic (exact) mass is 290 g/mol. The summed E-state index contributed by atoms with van der Waals surface area (Å²) in [4.78, 5) is 28.5. The van der Waals surface area contributed by atoms with Crippen LogP contribution in [0.5, 0.6) is 0 Å². The number of hydrogen-bond donors (Lipinski definition) is 1. The first-order chi connectivity index (χ1) is 10.1. The number of Topliss-reactive ketones (excluding diaryl/α,β-unsaturated/α-hetero) is 1. The summed E-state index contributed by atoms with van der Waals surface area (Å²) in [7, 11) is 1.51. The van der Waals surface area contributed by atoms with Crippen LogP contribution < -0.4 is 5.32 Å². The first-order valence-electron chi connectivity index (χ1n) is 7.12. The molecule has 1 N–H and O–H groups in total. The Morgan fingerprint density at radius 1 is 1.43 bits per heavy atom. The van der Waals surface area contributed by atoms with Gasteiger partial charge < -0.3 is 14.8 Å². The molecule has 21 heavy (non-hydrogen) atoms. The molecule has 0 saturated carbocycles. The highest BCUT2D eigenvalue weighted by Gasteiger charge is 2.42. The van der Waals surface area contributed by atoms with Crippen molar-refractivity contribution in [2.75, 3.05) is 25.6 Å². The number of anilines is 1. The molecule has 1 aliphatic heterocycles. The van der Waals surface area contributed by atoms with E-state index in [1.165, 1.54) is 7.11 Å². The quantitative estimate of drug-likeness (QED) is 0.909. The Morgan fingerprint density at radius 3 is 3.00 bits per heavy atom. The first kappa shape index (κ1) is 14.2. The molecule has 1 aliphatic carbocycles. The van der Waals surface area contributed by atoms with E-state index in [0.29, 0.717) is 30.8 Å². The van der Waals surface area contributed by atoms with E-state index in [1.54, 1.807) is 12.1 Å². The summed E-state index contributed by atoms with van der Waals surface area (Å²) >= 11 is 0. The second-order valence-electron chi connectivity index (χ2n) is 5.42. The van der Waals surface area contributed by atoms with Gasteiger partial charge in [0.25, 0.3) is 5.91 Å². The number of fused-ring (bicyclic) bond motifs is 1. The number of rotatable bonds is 3. The van der Waals surface area contributed by atoms with Gasteiger partial charge in [0, 0.05) is 25.5 Å². The molecule has 3 rings (SSSR count). The number of ketones is 1. The molecule has 2 aliphatic rings. The minimum absolute atomic E-state index is 0.124. The average molecular weight is 290 g/mol. The largest absolute Gasteiger partial charge is 0.378 e. The van der Waals surface area contributed by atoms with Gasteiger partial charge in [0.2, 0.25) is 0 Å². The van der Waals surface area contributed by atoms with Crippen LogP contribution in [0.2, 0.25) is 0 Å². The van der Waals surface area contributed by atoms with E-state index >= 15 is 0 Å². The fourth-order valence-electron chi connectivity index (χ4n) is 2.78. The van der Waals surface area contributed by atoms with E-state index in [9.17, 15) is 9.59 Å². The normalized spacial score (nSPS) is 24.7. The van der Waals surface area contributed by atoms with Gasteiger partial charge >= 0.3 is 0 Å². The Labute approximate surface area is 122 Å². The lowest BCUT2D eigenvalue weighted by Gasteiger charge is -2.24. The van der Waals surface area contributed by atoms with Crippen molar-refractivity contribution in [3.8, 4) is 0 Å². The van der Waals surface area contributed by atoms with Crippen molar-refractivity contribution in [3.05, 3.63) is 23.4 Å². The minimum atomic E-state index is -0.937. The lowest BCUT2D eigenvalue weighted by molar-refractivity contribution is -0.137. The number of aromatic nitrogens is 1. The van der Waals surface area contributed by atoms with Crippen LogP contribution in [0.25, 0.3) is 0 Å². The Balaban J connectivity index is 1.79. The summed E-state index contributed by atoms with van der Waals surface area (Å²) in [6.07, 6.45) is 2.68. The van der Waals surface area contributed by atoms with Crippen LogP contribution in [0.15, 0.2) is 12.1 Å². The molecule has 0 aromatic carbocycles. The van der Waals surface area contributed by atoms with Crippen molar-refractivity contribution in [2.45, 2.75) is 31.3 Å². The Hall–Kier alpha value is -1.79. The fraction of sp³-hybridized carbons (Fsp3) is 0.533. The third kappa shape index (κ3) is 2.56. The molecule has 1 unspecified atom stereocenters. The zero-order valence-corrected chi connectivity index (χ0v) is 12.0. The van der Waals surface area contributed by atoms with Crippen molar-refractivity contribution in [1.29, 1.82) is 0 Å². The summed E-state index contributed by atoms with van der Waals surface area (Å²) in [6.45, 7) is 0.756. The van der Waals surface area contributed by atoms with Crippen LogP contribution in [0.3, 0.4) is 0 Å². The second kappa shape index (κ2) is 5.54. The van der Waals surface area contributed by atoms with Crippen LogP contribution in [0.4, 0.5) is 5.82 Å². The SMILES string of the molecule is COC1(C(=O)Nc2ccc3c(n2)CCCC3=O)CCOC1. The van der Waals surface area contributed by atoms with Crippen LogP contribution >= 0.6 is 0 Å². The predicted octanol–water partition coefficient (Wildman–Crippen LogP) is 1.34. The molecule has 112 valence electrons. The summed E-state index contributed by atoms with van der Waals surface area (Å²) in [5.41, 5.74) is 0.496. The number of hydrogen-bond acceptors (Lipinski definition) is 5. The van der Waals surface area contributed by atoms with Crippen molar-refractivity contribution in [2.24, 2.45) is 0 Å². The lowest BCUT2D eigenvalue weighted by atomic mass is 9.95. The number of nitrogens with one attached hydrogen (secondary N) is 1. The summed E-state index contributed by atoms with van der Waals surface area (Å²) in [5, 5.41) is 2.77. The molecule has 0 radical (unpaired) electrons. The van der Waals surface area contributed by atoms with E-state index in [4.69, 9.17) is 9.47 Å². The third-order valence-electron chi connectivity index (χ3n) is 4.12. The molecule has 0 spiro atoms. The van der Waals surface area contributed by atoms with E-state index in [1.807, 2.05) is 0 Å². The molecular formula is C15H18N2O4. The van der Waals surface area contributed by atoms with Gasteiger partial charge in [-0.2, -0.15) is 0 Å². The van der Waals surface area contributed by atoms with Crippen LogP contribution in [-0.4, -0.2) is 42.6 Å². The zero-order valence-electron chi connectivity index (χ0n) is 12.0. The Morgan fingerprint density at radius 2 is 2.29 bits per heavy atom. The highest BCUT2D eigenvalue weighted by Crippen LogP contribution is 2.25. The third-order valence-corrected chi connectivity index (χ3v) is 4.12. The lowest BCUT2D eigenvalue weighted by Crippen LogP contribution is -2.45. The summed E-state index contributed by atoms with van der Waals surface area (Å²) in [6, 6.07) is 3.41. The molecule has 6 heteroatoms. The van der Waals surface area contributed by atoms with E-state index in [2.05, 4.69) is 10.3 Å². The maximum absolute atomic E-state index is 12.4. The van der Waals surface area contributed by atoms with Gasteiger partial charge in [-0.15, -0.1) is 0 Å². The maximum atomic E-state index is 12.4. The molecule has 0 bridgehead atoms. The smallest absolute Gasteiger partial charge is 0.260 e. The van der Waals surface area contributed by atoms with E-state index in [-0.39, 0.29) is 18.3 Å². The van der Waals surface area contributed by atoms with Crippen molar-refractivity contribution in [3.63, 3.8) is 0 Å². The molecule has 1 atom stereocenters. The highest BCUT2D eigenvalue weighted by atomic mass is 16.6. The number of carbonyl (C=O) groups is 2. The first-order valence-corrected chi connectivity index (χ1v) is 7.12. The van der Waals surface area contributed by atoms with Crippen molar-refractivity contribution in [1.82, 2.24) is 4.98 Å². The Bertz CT molecular complexity index is 579. The fourth-order valence-corrected chi connectivity index (χ4v) is 2.78. The Kier molecular flexibility index (Phi) is 3.73. The van der Waals surface area contributed by atoms with E-state index in [0.717, 1.165) is 18.5 Å². The number of pyridine rings is 1. The second-order valence-corrected chi connectivity index (χ2v) is 5.42. The van der Waals surface area contributed by atoms with Gasteiger partial charge in [-0.3, -0.25) is 9.59 Å². The molecular weight excluding hydrogens is 272 g/mol. The molecule has 1 saturated heterocycles. The molecule has 1 fully saturated rings. The van der Waals surface area contributed by atoms with Gasteiger partial charge in [0.05, 0.1) is 18.9 Å². The molecule has 2 heterocycles. The van der Waals surface area contributed by atoms with Gasteiger partial charge in [-0.05, 0) is 25.0 Å². The summed E-state index contributed by atoms with van der Waals surface area (Å²) in [5.74, 6) is 0.327. The average Bonchev–Trinajstić information content (AvgIpc) is 2.97. The molecule has 6 nitrogen and oxygen atoms in total. The minimum Gasteiger partial charge on any atom is -0.378 e. The number of aryl methyl sites for hydroxylation is 1. The topological polar surface area (TPSA) is 77.5 Å². The van der Waals surface area contributed by atoms with E-state index < -0.39 is 5.60 Å². The highest BCUT2D eigenvalue weighted by molar-refractivity contribution is 5.99. The molecule has 1 aromatic heterocycles. The van der Waals surface area contributed by atoms with Gasteiger partial charge in [-0.1, -0.05) is 0 Å². The number of ether oxygens (including phenoxy) is 2. The predicted molar refractivity (Wildman–Crippen MR) is 75.3 cm³/mol. The molecule has 1 amide bonds. The maximum Gasteiger partial charge on any atom is 0.260 e. The van der Waals surface area contributed by atoms with Crippen LogP contribution in [0, 0.1) is 0 Å². The van der Waals surface area contributed by atoms with Crippen molar-refractivity contribution >= 4 is 17.5 Å². The van der Waals surface area contributed by atoms with Crippen LogP contribution in [-0.2, 0) is 20.7 Å². The number of nitrogens with zero attached hydrogens (tertiary/aromatic N) is 1. The van der Waals surface area contributed by atoms with Crippen molar-refractivity contribution < 1.29 is 19.1 Å². The van der Waals surface area contributed by atoms with Gasteiger partial charge in [-0.25, -0.2) is 4.98 Å². The number of carbonyl (C=O) groups excluding carboxylic acids is 2. The van der Waals surface area contributed by atoms with Gasteiger partial charge in [0.15, 0.2) is 11.4 Å². The molecule has 1 aromatic rings. The number of methoxy groups -OCH3 is 1. The van der Waals surface area contributed by atoms with Crippen LogP contribution in [0.1, 0.15) is 35.3 Å². The zero-order chi connectivity index (χ0) is 14.9. The van der Waals surface area contributed by atoms with Gasteiger partial charge in [0.1, 0.15) is 5.82 Å². The number of amides is 1.